The molecule has 4 heteroatoms. The Morgan fingerprint density at radius 2 is 1.94 bits per heavy atom. The minimum Gasteiger partial charge on any atom is -0.271 e. The molecule has 0 spiro atoms. The van der Waals surface area contributed by atoms with Gasteiger partial charge in [0.25, 0.3) is 0 Å². The quantitative estimate of drug-likeness (QED) is 0.642. The molecule has 0 bridgehead atoms. The maximum absolute atomic E-state index is 5.72. The number of halogens is 2. The first-order chi connectivity index (χ1) is 7.72. The highest BCUT2D eigenvalue weighted by atomic mass is 79.9. The molecule has 1 aromatic rings. The fourth-order valence-electron chi connectivity index (χ4n) is 2.52. The number of nitrogens with two attached hydrogens (primary N) is 1. The maximum atomic E-state index is 5.72. The lowest BCUT2D eigenvalue weighted by molar-refractivity contribution is 0.372. The average molecular weight is 348 g/mol. The molecule has 88 valence electrons. The van der Waals surface area contributed by atoms with Gasteiger partial charge in [0.1, 0.15) is 0 Å². The molecule has 0 aliphatic heterocycles. The first-order valence-electron chi connectivity index (χ1n) is 5.63. The van der Waals surface area contributed by atoms with Crippen molar-refractivity contribution in [1.29, 1.82) is 0 Å². The zero-order chi connectivity index (χ0) is 11.5. The van der Waals surface area contributed by atoms with Gasteiger partial charge in [-0.25, -0.2) is 0 Å². The van der Waals surface area contributed by atoms with E-state index >= 15 is 0 Å². The molecule has 1 atom stereocenters. The Labute approximate surface area is 113 Å². The second kappa shape index (κ2) is 5.63. The van der Waals surface area contributed by atoms with Crippen molar-refractivity contribution < 1.29 is 0 Å². The van der Waals surface area contributed by atoms with Crippen molar-refractivity contribution in [1.82, 2.24) is 5.43 Å². The predicted octanol–water partition coefficient (Wildman–Crippen LogP) is 3.91. The van der Waals surface area contributed by atoms with Gasteiger partial charge >= 0.3 is 0 Å². The molecule has 1 aromatic carbocycles. The summed E-state index contributed by atoms with van der Waals surface area (Å²) in [5.74, 6) is 6.38. The van der Waals surface area contributed by atoms with Gasteiger partial charge < -0.3 is 0 Å². The zero-order valence-corrected chi connectivity index (χ0v) is 12.2. The molecule has 2 rings (SSSR count). The molecule has 16 heavy (non-hydrogen) atoms. The van der Waals surface area contributed by atoms with Crippen LogP contribution in [0.4, 0.5) is 0 Å². The Kier molecular flexibility index (Phi) is 4.41. The number of hydrazine groups is 1. The topological polar surface area (TPSA) is 38.0 Å². The van der Waals surface area contributed by atoms with Crippen LogP contribution < -0.4 is 11.3 Å². The van der Waals surface area contributed by atoms with Crippen LogP contribution in [0.3, 0.4) is 0 Å². The Morgan fingerprint density at radius 1 is 1.25 bits per heavy atom. The summed E-state index contributed by atoms with van der Waals surface area (Å²) in [6.07, 6.45) is 5.20. The molecule has 1 saturated carbocycles. The van der Waals surface area contributed by atoms with Gasteiger partial charge in [0.05, 0.1) is 0 Å². The summed E-state index contributed by atoms with van der Waals surface area (Å²) < 4.78 is 2.23. The van der Waals surface area contributed by atoms with Gasteiger partial charge in [-0.1, -0.05) is 44.7 Å². The third kappa shape index (κ3) is 2.67. The number of rotatable bonds is 3. The Balaban J connectivity index is 2.28. The normalized spacial score (nSPS) is 18.9. The van der Waals surface area contributed by atoms with E-state index in [2.05, 4.69) is 49.4 Å². The van der Waals surface area contributed by atoms with Crippen LogP contribution in [-0.2, 0) is 0 Å². The van der Waals surface area contributed by atoms with Gasteiger partial charge in [-0.2, -0.15) is 0 Å². The van der Waals surface area contributed by atoms with E-state index in [0.717, 1.165) is 8.95 Å². The van der Waals surface area contributed by atoms with Crippen LogP contribution >= 0.6 is 31.9 Å². The third-order valence-electron chi connectivity index (χ3n) is 3.34. The minimum absolute atomic E-state index is 0.259. The van der Waals surface area contributed by atoms with Gasteiger partial charge in [0, 0.05) is 15.0 Å². The second-order valence-electron chi connectivity index (χ2n) is 4.35. The highest BCUT2D eigenvalue weighted by molar-refractivity contribution is 9.11. The molecule has 0 amide bonds. The van der Waals surface area contributed by atoms with E-state index in [-0.39, 0.29) is 6.04 Å². The summed E-state index contributed by atoms with van der Waals surface area (Å²) in [7, 11) is 0. The van der Waals surface area contributed by atoms with E-state index in [9.17, 15) is 0 Å². The molecule has 0 aromatic heterocycles. The van der Waals surface area contributed by atoms with Crippen molar-refractivity contribution in [3.05, 3.63) is 32.7 Å². The molecule has 2 nitrogen and oxygen atoms in total. The second-order valence-corrected chi connectivity index (χ2v) is 6.12. The lowest BCUT2D eigenvalue weighted by Crippen LogP contribution is -2.32. The Bertz CT molecular complexity index is 362. The van der Waals surface area contributed by atoms with E-state index in [4.69, 9.17) is 5.84 Å². The Hall–Kier alpha value is 0.1000. The van der Waals surface area contributed by atoms with Crippen molar-refractivity contribution in [2.75, 3.05) is 0 Å². The number of hydrogen-bond donors (Lipinski definition) is 2. The van der Waals surface area contributed by atoms with Crippen molar-refractivity contribution in [2.24, 2.45) is 11.8 Å². The first kappa shape index (κ1) is 12.6. The molecule has 0 saturated heterocycles. The van der Waals surface area contributed by atoms with E-state index in [1.807, 2.05) is 6.07 Å². The molecular formula is C12H16Br2N2. The van der Waals surface area contributed by atoms with E-state index < -0.39 is 0 Å². The number of hydrogen-bond acceptors (Lipinski definition) is 2. The van der Waals surface area contributed by atoms with Crippen LogP contribution in [0.5, 0.6) is 0 Å². The van der Waals surface area contributed by atoms with Crippen LogP contribution in [0.2, 0.25) is 0 Å². The molecular weight excluding hydrogens is 332 g/mol. The first-order valence-corrected chi connectivity index (χ1v) is 7.22. The van der Waals surface area contributed by atoms with E-state index in [1.165, 1.54) is 31.2 Å². The third-order valence-corrected chi connectivity index (χ3v) is 4.56. The van der Waals surface area contributed by atoms with Crippen molar-refractivity contribution >= 4 is 31.9 Å². The fraction of sp³-hybridized carbons (Fsp3) is 0.500. The lowest BCUT2D eigenvalue weighted by atomic mass is 9.92. The van der Waals surface area contributed by atoms with Crippen molar-refractivity contribution in [2.45, 2.75) is 31.7 Å². The van der Waals surface area contributed by atoms with E-state index in [0.29, 0.717) is 5.92 Å². The summed E-state index contributed by atoms with van der Waals surface area (Å²) in [4.78, 5) is 0. The molecule has 1 unspecified atom stereocenters. The molecule has 0 radical (unpaired) electrons. The SMILES string of the molecule is NNC(c1cc(Br)ccc1Br)C1CCCC1. The summed E-state index contributed by atoms with van der Waals surface area (Å²) in [5.41, 5.74) is 4.23. The van der Waals surface area contributed by atoms with Gasteiger partial charge in [0.2, 0.25) is 0 Å². The van der Waals surface area contributed by atoms with Crippen molar-refractivity contribution in [3.8, 4) is 0 Å². The van der Waals surface area contributed by atoms with Crippen LogP contribution in [-0.4, -0.2) is 0 Å². The standard InChI is InChI=1S/C12H16Br2N2/c13-9-5-6-11(14)10(7-9)12(16-15)8-3-1-2-4-8/h5-8,12,16H,1-4,15H2. The smallest absolute Gasteiger partial charge is 0.0499 e. The van der Waals surface area contributed by atoms with E-state index in [1.54, 1.807) is 0 Å². The minimum atomic E-state index is 0.259. The fourth-order valence-corrected chi connectivity index (χ4v) is 3.40. The predicted molar refractivity (Wildman–Crippen MR) is 73.9 cm³/mol. The monoisotopic (exact) mass is 346 g/mol. The molecule has 1 aliphatic rings. The number of benzene rings is 1. The number of nitrogens with one attached hydrogen (secondary N) is 1. The Morgan fingerprint density at radius 3 is 2.56 bits per heavy atom. The van der Waals surface area contributed by atoms with Crippen LogP contribution in [0.25, 0.3) is 0 Å². The van der Waals surface area contributed by atoms with Gasteiger partial charge in [-0.15, -0.1) is 0 Å². The summed E-state index contributed by atoms with van der Waals surface area (Å²) in [5, 5.41) is 0. The van der Waals surface area contributed by atoms with Crippen molar-refractivity contribution in [3.63, 3.8) is 0 Å². The van der Waals surface area contributed by atoms with Crippen LogP contribution in [0, 0.1) is 5.92 Å². The zero-order valence-electron chi connectivity index (χ0n) is 9.05. The molecule has 1 fully saturated rings. The summed E-state index contributed by atoms with van der Waals surface area (Å²) >= 11 is 7.12. The molecule has 1 aliphatic carbocycles. The molecule has 3 N–H and O–H groups in total. The van der Waals surface area contributed by atoms with Crippen LogP contribution in [0.15, 0.2) is 27.1 Å². The lowest BCUT2D eigenvalue weighted by Gasteiger charge is -2.24. The largest absolute Gasteiger partial charge is 0.271 e. The average Bonchev–Trinajstić information content (AvgIpc) is 2.78. The summed E-state index contributed by atoms with van der Waals surface area (Å²) in [6.45, 7) is 0. The maximum Gasteiger partial charge on any atom is 0.0499 e. The highest BCUT2D eigenvalue weighted by Gasteiger charge is 2.26. The van der Waals surface area contributed by atoms with Gasteiger partial charge in [0.15, 0.2) is 0 Å². The highest BCUT2D eigenvalue weighted by Crippen LogP contribution is 2.38. The van der Waals surface area contributed by atoms with Gasteiger partial charge in [-0.3, -0.25) is 11.3 Å². The van der Waals surface area contributed by atoms with Gasteiger partial charge in [-0.05, 0) is 42.5 Å². The summed E-state index contributed by atoms with van der Waals surface area (Å²) in [6, 6.07) is 6.51. The van der Waals surface area contributed by atoms with Crippen LogP contribution in [0.1, 0.15) is 37.3 Å². The molecule has 0 heterocycles.